The van der Waals surface area contributed by atoms with Gasteiger partial charge in [0.25, 0.3) is 0 Å². The van der Waals surface area contributed by atoms with Crippen molar-refractivity contribution in [2.24, 2.45) is 11.8 Å². The zero-order valence-electron chi connectivity index (χ0n) is 22.1. The summed E-state index contributed by atoms with van der Waals surface area (Å²) in [6.45, 7) is 8.34. The minimum atomic E-state index is -1.06. The third-order valence-corrected chi connectivity index (χ3v) is 7.33. The Morgan fingerprint density at radius 3 is 2.72 bits per heavy atom. The highest BCUT2D eigenvalue weighted by atomic mass is 16.5. The van der Waals surface area contributed by atoms with Gasteiger partial charge in [-0.2, -0.15) is 0 Å². The summed E-state index contributed by atoms with van der Waals surface area (Å²) < 4.78 is 11.8. The summed E-state index contributed by atoms with van der Waals surface area (Å²) in [5, 5.41) is 17.8. The SMILES string of the molecule is CNCC(CC1CCOCC1)NC(=O)N1CCCC(C(OCCNC(=O)O)c2cc(C)ccc2C)C1. The van der Waals surface area contributed by atoms with Crippen LogP contribution in [-0.2, 0) is 9.47 Å². The van der Waals surface area contributed by atoms with E-state index >= 15 is 0 Å². The minimum Gasteiger partial charge on any atom is -0.465 e. The van der Waals surface area contributed by atoms with Crippen LogP contribution < -0.4 is 16.0 Å². The van der Waals surface area contributed by atoms with Crippen molar-refractivity contribution in [1.82, 2.24) is 20.9 Å². The molecule has 2 heterocycles. The second-order valence-electron chi connectivity index (χ2n) is 10.2. The molecule has 0 aliphatic carbocycles. The molecule has 9 nitrogen and oxygen atoms in total. The highest BCUT2D eigenvalue weighted by Crippen LogP contribution is 2.35. The Balaban J connectivity index is 1.66. The van der Waals surface area contributed by atoms with Gasteiger partial charge >= 0.3 is 12.1 Å². The molecule has 1 aromatic rings. The number of likely N-dealkylation sites (N-methyl/N-ethyl adjacent to an activating group) is 1. The molecule has 1 aromatic carbocycles. The van der Waals surface area contributed by atoms with Crippen LogP contribution in [0.5, 0.6) is 0 Å². The van der Waals surface area contributed by atoms with Crippen molar-refractivity contribution < 1.29 is 24.2 Å². The van der Waals surface area contributed by atoms with Gasteiger partial charge in [0.15, 0.2) is 0 Å². The number of aryl methyl sites for hydroxylation is 2. The summed E-state index contributed by atoms with van der Waals surface area (Å²) in [6, 6.07) is 6.41. The number of amides is 3. The van der Waals surface area contributed by atoms with E-state index in [1.807, 2.05) is 11.9 Å². The number of ether oxygens (including phenoxy) is 2. The maximum absolute atomic E-state index is 13.3. The Labute approximate surface area is 215 Å². The lowest BCUT2D eigenvalue weighted by Crippen LogP contribution is -2.52. The molecule has 0 bridgehead atoms. The van der Waals surface area contributed by atoms with Crippen LogP contribution in [0.15, 0.2) is 18.2 Å². The maximum atomic E-state index is 13.3. The van der Waals surface area contributed by atoms with Crippen molar-refractivity contribution in [2.45, 2.75) is 58.1 Å². The fourth-order valence-electron chi connectivity index (χ4n) is 5.42. The topological polar surface area (TPSA) is 112 Å². The number of piperidine rings is 1. The smallest absolute Gasteiger partial charge is 0.404 e. The highest BCUT2D eigenvalue weighted by molar-refractivity contribution is 5.74. The van der Waals surface area contributed by atoms with Gasteiger partial charge in [0.1, 0.15) is 0 Å². The Hall–Kier alpha value is -2.36. The second kappa shape index (κ2) is 14.4. The van der Waals surface area contributed by atoms with Crippen LogP contribution in [0.1, 0.15) is 54.9 Å². The van der Waals surface area contributed by atoms with E-state index < -0.39 is 6.09 Å². The number of hydrogen-bond acceptors (Lipinski definition) is 5. The summed E-state index contributed by atoms with van der Waals surface area (Å²) in [6.07, 6.45) is 3.66. The Kier molecular flexibility index (Phi) is 11.3. The maximum Gasteiger partial charge on any atom is 0.404 e. The van der Waals surface area contributed by atoms with E-state index in [0.29, 0.717) is 12.5 Å². The fourth-order valence-corrected chi connectivity index (χ4v) is 5.42. The molecule has 2 aliphatic rings. The number of benzene rings is 1. The zero-order chi connectivity index (χ0) is 25.9. The molecule has 2 aliphatic heterocycles. The van der Waals surface area contributed by atoms with Crippen LogP contribution in [0.4, 0.5) is 9.59 Å². The quantitative estimate of drug-likeness (QED) is 0.344. The number of urea groups is 1. The van der Waals surface area contributed by atoms with Gasteiger partial charge in [0.2, 0.25) is 0 Å². The predicted octanol–water partition coefficient (Wildman–Crippen LogP) is 3.46. The highest BCUT2D eigenvalue weighted by Gasteiger charge is 2.33. The van der Waals surface area contributed by atoms with Crippen LogP contribution in [0.3, 0.4) is 0 Å². The first-order chi connectivity index (χ1) is 17.4. The van der Waals surface area contributed by atoms with Gasteiger partial charge in [-0.1, -0.05) is 23.8 Å². The number of nitrogens with one attached hydrogen (secondary N) is 3. The first-order valence-electron chi connectivity index (χ1n) is 13.3. The summed E-state index contributed by atoms with van der Waals surface area (Å²) in [5.41, 5.74) is 3.41. The standard InChI is InChI=1S/C27H44N4O5/c1-19-6-7-20(2)24(15-19)25(36-14-10-29-27(33)34)22-5-4-11-31(18-22)26(32)30-23(17-28-3)16-21-8-12-35-13-9-21/h6-7,15,21-23,25,28-29H,4-5,8-14,16-18H2,1-3H3,(H,30,32)(H,33,34). The van der Waals surface area contributed by atoms with Gasteiger partial charge in [0, 0.05) is 51.4 Å². The first kappa shape index (κ1) is 28.2. The molecule has 36 heavy (non-hydrogen) atoms. The lowest BCUT2D eigenvalue weighted by atomic mass is 9.86. The Bertz CT molecular complexity index is 845. The molecule has 3 unspecified atom stereocenters. The number of carbonyl (C=O) groups excluding carboxylic acids is 1. The average molecular weight is 505 g/mol. The Morgan fingerprint density at radius 2 is 2.00 bits per heavy atom. The van der Waals surface area contributed by atoms with Gasteiger partial charge in [-0.25, -0.2) is 9.59 Å². The molecule has 0 radical (unpaired) electrons. The number of carbonyl (C=O) groups is 2. The van der Waals surface area contributed by atoms with E-state index in [2.05, 4.69) is 48.0 Å². The van der Waals surface area contributed by atoms with Crippen LogP contribution in [0.25, 0.3) is 0 Å². The normalized spacial score (nSPS) is 20.5. The van der Waals surface area contributed by atoms with Gasteiger partial charge < -0.3 is 35.4 Å². The van der Waals surface area contributed by atoms with Crippen LogP contribution in [-0.4, -0.2) is 81.2 Å². The number of nitrogens with zero attached hydrogens (tertiary/aromatic N) is 1. The van der Waals surface area contributed by atoms with Crippen LogP contribution >= 0.6 is 0 Å². The molecule has 9 heteroatoms. The van der Waals surface area contributed by atoms with E-state index in [4.69, 9.17) is 14.6 Å². The van der Waals surface area contributed by atoms with Crippen LogP contribution in [0, 0.1) is 25.7 Å². The molecule has 0 saturated carbocycles. The van der Waals surface area contributed by atoms with E-state index in [1.165, 1.54) is 0 Å². The molecule has 4 N–H and O–H groups in total. The molecule has 0 aromatic heterocycles. The van der Waals surface area contributed by atoms with Gasteiger partial charge in [-0.05, 0) is 70.0 Å². The largest absolute Gasteiger partial charge is 0.465 e. The summed E-state index contributed by atoms with van der Waals surface area (Å²) in [7, 11) is 1.92. The second-order valence-corrected chi connectivity index (χ2v) is 10.2. The lowest BCUT2D eigenvalue weighted by Gasteiger charge is -2.38. The molecular weight excluding hydrogens is 460 g/mol. The average Bonchev–Trinajstić information content (AvgIpc) is 2.86. The molecule has 202 valence electrons. The van der Waals surface area contributed by atoms with Gasteiger partial charge in [-0.3, -0.25) is 0 Å². The van der Waals surface area contributed by atoms with Gasteiger partial charge in [0.05, 0.1) is 12.7 Å². The molecule has 3 amide bonds. The van der Waals surface area contributed by atoms with Crippen molar-refractivity contribution in [2.75, 3.05) is 53.0 Å². The molecule has 0 spiro atoms. The zero-order valence-corrected chi connectivity index (χ0v) is 22.1. The summed E-state index contributed by atoms with van der Waals surface area (Å²) in [4.78, 5) is 26.1. The summed E-state index contributed by atoms with van der Waals surface area (Å²) in [5.74, 6) is 0.709. The monoisotopic (exact) mass is 504 g/mol. The minimum absolute atomic E-state index is 0.0146. The molecule has 3 atom stereocenters. The van der Waals surface area contributed by atoms with Crippen molar-refractivity contribution >= 4 is 12.1 Å². The number of carboxylic acid groups (broad SMARTS) is 1. The van der Waals surface area contributed by atoms with Crippen molar-refractivity contribution in [1.29, 1.82) is 0 Å². The molecule has 2 saturated heterocycles. The van der Waals surface area contributed by atoms with Crippen molar-refractivity contribution in [3.05, 3.63) is 34.9 Å². The summed E-state index contributed by atoms with van der Waals surface area (Å²) >= 11 is 0. The molecule has 3 rings (SSSR count). The number of likely N-dealkylation sites (tertiary alicyclic amines) is 1. The Morgan fingerprint density at radius 1 is 1.22 bits per heavy atom. The van der Waals surface area contributed by atoms with Crippen LogP contribution in [0.2, 0.25) is 0 Å². The van der Waals surface area contributed by atoms with E-state index in [9.17, 15) is 9.59 Å². The fraction of sp³-hybridized carbons (Fsp3) is 0.704. The van der Waals surface area contributed by atoms with Crippen molar-refractivity contribution in [3.63, 3.8) is 0 Å². The van der Waals surface area contributed by atoms with Gasteiger partial charge in [-0.15, -0.1) is 0 Å². The third-order valence-electron chi connectivity index (χ3n) is 7.33. The van der Waals surface area contributed by atoms with Crippen molar-refractivity contribution in [3.8, 4) is 0 Å². The predicted molar refractivity (Wildman–Crippen MR) is 139 cm³/mol. The molecule has 2 fully saturated rings. The first-order valence-corrected chi connectivity index (χ1v) is 13.3. The van der Waals surface area contributed by atoms with E-state index in [1.54, 1.807) is 0 Å². The third kappa shape index (κ3) is 8.64. The molecular formula is C27H44N4O5. The van der Waals surface area contributed by atoms with E-state index in [-0.39, 0.29) is 37.2 Å². The lowest BCUT2D eigenvalue weighted by molar-refractivity contribution is -0.00892. The number of hydrogen-bond donors (Lipinski definition) is 4. The van der Waals surface area contributed by atoms with E-state index in [0.717, 1.165) is 75.1 Å². The number of rotatable bonds is 11.